The molecule has 0 amide bonds. The van der Waals surface area contributed by atoms with Crippen LogP contribution in [0.3, 0.4) is 0 Å². The zero-order valence-corrected chi connectivity index (χ0v) is 12.2. The Labute approximate surface area is 112 Å². The first-order valence-corrected chi connectivity index (χ1v) is 7.46. The number of epoxide rings is 1. The third-order valence-electron chi connectivity index (χ3n) is 4.21. The molecular formula is C17H26O. The molecule has 3 atom stereocenters. The molecule has 0 spiro atoms. The molecule has 1 heterocycles. The van der Waals surface area contributed by atoms with Crippen LogP contribution < -0.4 is 0 Å². The van der Waals surface area contributed by atoms with Crippen molar-refractivity contribution in [2.75, 3.05) is 0 Å². The van der Waals surface area contributed by atoms with Crippen molar-refractivity contribution in [2.24, 2.45) is 0 Å². The molecule has 0 aliphatic carbocycles. The summed E-state index contributed by atoms with van der Waals surface area (Å²) in [5.41, 5.74) is 4.51. The summed E-state index contributed by atoms with van der Waals surface area (Å²) < 4.78 is 5.69. The molecule has 1 aromatic rings. The van der Waals surface area contributed by atoms with Crippen molar-refractivity contribution in [1.82, 2.24) is 0 Å². The normalized spacial score (nSPS) is 24.0. The van der Waals surface area contributed by atoms with Crippen molar-refractivity contribution in [1.29, 1.82) is 0 Å². The number of hydrogen-bond acceptors (Lipinski definition) is 1. The first-order chi connectivity index (χ1) is 8.69. The molecule has 0 bridgehead atoms. The van der Waals surface area contributed by atoms with E-state index < -0.39 is 0 Å². The molecule has 2 rings (SSSR count). The standard InChI is InChI=1S/C17H26O/c1-5-13-8-9-14(6-2)15(11-13)12(4)10-17-16(7-3)18-17/h8-9,11-12,16-17H,5-7,10H2,1-4H3. The Morgan fingerprint density at radius 2 is 1.89 bits per heavy atom. The van der Waals surface area contributed by atoms with Gasteiger partial charge in [0.25, 0.3) is 0 Å². The van der Waals surface area contributed by atoms with Gasteiger partial charge in [-0.25, -0.2) is 0 Å². The van der Waals surface area contributed by atoms with Gasteiger partial charge in [0.05, 0.1) is 12.2 Å². The summed E-state index contributed by atoms with van der Waals surface area (Å²) in [4.78, 5) is 0. The monoisotopic (exact) mass is 246 g/mol. The Morgan fingerprint density at radius 3 is 2.44 bits per heavy atom. The second kappa shape index (κ2) is 5.88. The molecule has 1 fully saturated rings. The third kappa shape index (κ3) is 2.95. The number of benzene rings is 1. The van der Waals surface area contributed by atoms with E-state index in [2.05, 4.69) is 45.9 Å². The van der Waals surface area contributed by atoms with Crippen molar-refractivity contribution >= 4 is 0 Å². The number of ether oxygens (including phenoxy) is 1. The third-order valence-corrected chi connectivity index (χ3v) is 4.21. The van der Waals surface area contributed by atoms with Crippen LogP contribution in [-0.4, -0.2) is 12.2 Å². The van der Waals surface area contributed by atoms with Crippen LogP contribution in [0, 0.1) is 0 Å². The fraction of sp³-hybridized carbons (Fsp3) is 0.647. The summed E-state index contributed by atoms with van der Waals surface area (Å²) in [6.45, 7) is 9.04. The van der Waals surface area contributed by atoms with E-state index in [1.807, 2.05) is 0 Å². The summed E-state index contributed by atoms with van der Waals surface area (Å²) >= 11 is 0. The number of rotatable bonds is 6. The van der Waals surface area contributed by atoms with Crippen molar-refractivity contribution < 1.29 is 4.74 Å². The van der Waals surface area contributed by atoms with E-state index in [0.29, 0.717) is 18.1 Å². The summed E-state index contributed by atoms with van der Waals surface area (Å²) in [5.74, 6) is 0.619. The van der Waals surface area contributed by atoms with Gasteiger partial charge in [0, 0.05) is 0 Å². The lowest BCUT2D eigenvalue weighted by atomic mass is 9.88. The molecule has 1 aliphatic heterocycles. The lowest BCUT2D eigenvalue weighted by Gasteiger charge is -2.16. The molecule has 1 saturated heterocycles. The van der Waals surface area contributed by atoms with Gasteiger partial charge >= 0.3 is 0 Å². The zero-order chi connectivity index (χ0) is 13.1. The molecule has 0 saturated carbocycles. The van der Waals surface area contributed by atoms with Gasteiger partial charge in [-0.1, -0.05) is 45.9 Å². The fourth-order valence-electron chi connectivity index (χ4n) is 2.87. The minimum absolute atomic E-state index is 0.514. The Hall–Kier alpha value is -0.820. The highest BCUT2D eigenvalue weighted by molar-refractivity contribution is 5.35. The minimum Gasteiger partial charge on any atom is -0.370 e. The maximum Gasteiger partial charge on any atom is 0.0847 e. The van der Waals surface area contributed by atoms with E-state index in [0.717, 1.165) is 19.3 Å². The topological polar surface area (TPSA) is 12.5 Å². The van der Waals surface area contributed by atoms with Crippen LogP contribution in [0.5, 0.6) is 0 Å². The molecule has 1 aliphatic rings. The van der Waals surface area contributed by atoms with Crippen LogP contribution in [0.25, 0.3) is 0 Å². The quantitative estimate of drug-likeness (QED) is 0.674. The first kappa shape index (κ1) is 13.6. The highest BCUT2D eigenvalue weighted by atomic mass is 16.6. The smallest absolute Gasteiger partial charge is 0.0847 e. The van der Waals surface area contributed by atoms with Crippen LogP contribution in [0.1, 0.15) is 63.1 Å². The Bertz CT molecular complexity index is 397. The summed E-state index contributed by atoms with van der Waals surface area (Å²) in [6.07, 6.45) is 5.64. The van der Waals surface area contributed by atoms with Gasteiger partial charge in [-0.05, 0) is 48.3 Å². The summed E-state index contributed by atoms with van der Waals surface area (Å²) in [6, 6.07) is 7.00. The fourth-order valence-corrected chi connectivity index (χ4v) is 2.87. The van der Waals surface area contributed by atoms with Gasteiger partial charge in [-0.15, -0.1) is 0 Å². The van der Waals surface area contributed by atoms with Crippen LogP contribution in [0.4, 0.5) is 0 Å². The van der Waals surface area contributed by atoms with Gasteiger partial charge in [-0.2, -0.15) is 0 Å². The summed E-state index contributed by atoms with van der Waals surface area (Å²) in [7, 11) is 0. The van der Waals surface area contributed by atoms with Crippen LogP contribution in [0.15, 0.2) is 18.2 Å². The molecule has 0 aromatic heterocycles. The van der Waals surface area contributed by atoms with E-state index in [1.54, 1.807) is 5.56 Å². The van der Waals surface area contributed by atoms with Crippen LogP contribution >= 0.6 is 0 Å². The molecule has 1 aromatic carbocycles. The maximum atomic E-state index is 5.69. The van der Waals surface area contributed by atoms with E-state index in [-0.39, 0.29) is 0 Å². The molecular weight excluding hydrogens is 220 g/mol. The minimum atomic E-state index is 0.514. The van der Waals surface area contributed by atoms with Gasteiger partial charge in [0.2, 0.25) is 0 Å². The van der Waals surface area contributed by atoms with Crippen LogP contribution in [0.2, 0.25) is 0 Å². The first-order valence-electron chi connectivity index (χ1n) is 7.46. The molecule has 100 valence electrons. The lowest BCUT2D eigenvalue weighted by molar-refractivity contribution is 0.352. The van der Waals surface area contributed by atoms with E-state index >= 15 is 0 Å². The summed E-state index contributed by atoms with van der Waals surface area (Å²) in [5, 5.41) is 0. The Balaban J connectivity index is 2.10. The molecule has 1 heteroatoms. The second-order valence-electron chi connectivity index (χ2n) is 5.50. The highest BCUT2D eigenvalue weighted by Crippen LogP contribution is 2.35. The van der Waals surface area contributed by atoms with Crippen molar-refractivity contribution in [2.45, 2.75) is 71.5 Å². The predicted molar refractivity (Wildman–Crippen MR) is 77.2 cm³/mol. The zero-order valence-electron chi connectivity index (χ0n) is 12.2. The molecule has 0 radical (unpaired) electrons. The SMILES string of the molecule is CCc1ccc(CC)c(C(C)CC2OC2CC)c1. The van der Waals surface area contributed by atoms with Gasteiger partial charge in [0.1, 0.15) is 0 Å². The average molecular weight is 246 g/mol. The predicted octanol–water partition coefficient (Wildman–Crippen LogP) is 4.48. The molecule has 18 heavy (non-hydrogen) atoms. The Morgan fingerprint density at radius 1 is 1.11 bits per heavy atom. The molecule has 1 nitrogen and oxygen atoms in total. The van der Waals surface area contributed by atoms with Crippen molar-refractivity contribution in [3.63, 3.8) is 0 Å². The van der Waals surface area contributed by atoms with Crippen LogP contribution in [-0.2, 0) is 17.6 Å². The maximum absolute atomic E-state index is 5.69. The van der Waals surface area contributed by atoms with E-state index in [9.17, 15) is 0 Å². The van der Waals surface area contributed by atoms with Gasteiger partial charge in [0.15, 0.2) is 0 Å². The van der Waals surface area contributed by atoms with Crippen molar-refractivity contribution in [3.8, 4) is 0 Å². The Kier molecular flexibility index (Phi) is 4.45. The van der Waals surface area contributed by atoms with Gasteiger partial charge < -0.3 is 4.74 Å². The lowest BCUT2D eigenvalue weighted by Crippen LogP contribution is -2.05. The van der Waals surface area contributed by atoms with E-state index in [1.165, 1.54) is 17.5 Å². The highest BCUT2D eigenvalue weighted by Gasteiger charge is 2.37. The molecule has 0 N–H and O–H groups in total. The van der Waals surface area contributed by atoms with Gasteiger partial charge in [-0.3, -0.25) is 0 Å². The second-order valence-corrected chi connectivity index (χ2v) is 5.50. The van der Waals surface area contributed by atoms with Crippen molar-refractivity contribution in [3.05, 3.63) is 34.9 Å². The van der Waals surface area contributed by atoms with E-state index in [4.69, 9.17) is 4.74 Å². The molecule has 3 unspecified atom stereocenters. The number of aryl methyl sites for hydroxylation is 2. The number of hydrogen-bond donors (Lipinski definition) is 0. The average Bonchev–Trinajstić information content (AvgIpc) is 3.16. The largest absolute Gasteiger partial charge is 0.370 e.